The Bertz CT molecular complexity index is 1400. The van der Waals surface area contributed by atoms with E-state index in [1.54, 1.807) is 25.1 Å². The molecule has 31 heavy (non-hydrogen) atoms. The Kier molecular flexibility index (Phi) is 5.24. The van der Waals surface area contributed by atoms with Crippen LogP contribution in [-0.4, -0.2) is 25.7 Å². The van der Waals surface area contributed by atoms with Crippen molar-refractivity contribution in [1.82, 2.24) is 19.7 Å². The lowest BCUT2D eigenvalue weighted by Gasteiger charge is -2.14. The zero-order valence-electron chi connectivity index (χ0n) is 16.9. The van der Waals surface area contributed by atoms with Crippen LogP contribution in [0.2, 0.25) is 5.02 Å². The highest BCUT2D eigenvalue weighted by molar-refractivity contribution is 6.30. The Labute approximate surface area is 181 Å². The molecule has 0 radical (unpaired) electrons. The normalized spacial score (nSPS) is 11.0. The second-order valence-electron chi connectivity index (χ2n) is 7.09. The van der Waals surface area contributed by atoms with Gasteiger partial charge in [0.05, 0.1) is 17.4 Å². The molecule has 1 N–H and O–H groups in total. The van der Waals surface area contributed by atoms with Gasteiger partial charge < -0.3 is 5.32 Å². The fourth-order valence-electron chi connectivity index (χ4n) is 3.05. The molecule has 0 saturated heterocycles. The summed E-state index contributed by atoms with van der Waals surface area (Å²) in [5.74, 6) is -1.40. The second kappa shape index (κ2) is 7.88. The average Bonchev–Trinajstić information content (AvgIpc) is 2.72. The van der Waals surface area contributed by atoms with E-state index in [1.807, 2.05) is 13.8 Å². The summed E-state index contributed by atoms with van der Waals surface area (Å²) >= 11 is 5.87. The third-order valence-corrected chi connectivity index (χ3v) is 5.06. The number of benzene rings is 1. The zero-order valence-corrected chi connectivity index (χ0v) is 17.7. The van der Waals surface area contributed by atoms with Crippen molar-refractivity contribution in [3.63, 3.8) is 0 Å². The van der Waals surface area contributed by atoms with Crippen LogP contribution in [-0.2, 0) is 0 Å². The molecule has 156 valence electrons. The Morgan fingerprint density at radius 1 is 1.13 bits per heavy atom. The summed E-state index contributed by atoms with van der Waals surface area (Å²) < 4.78 is 15.9. The van der Waals surface area contributed by atoms with Crippen LogP contribution in [0, 0.1) is 26.6 Å². The van der Waals surface area contributed by atoms with Crippen molar-refractivity contribution in [3.8, 4) is 5.69 Å². The fraction of sp³-hybridized carbons (Fsp3) is 0.136. The standard InChI is InChI=1S/C22H17ClFN5O2/c1-11-8-18-19(26-13(11)3)21(30)20(22(31)27-15-6-4-12(2)25-10-15)28-29(18)17-7-5-14(23)9-16(17)24/h4-10H,1-3H3,(H,27,31). The Morgan fingerprint density at radius 3 is 2.58 bits per heavy atom. The van der Waals surface area contributed by atoms with Crippen molar-refractivity contribution in [1.29, 1.82) is 0 Å². The number of carbonyl (C=O) groups is 1. The van der Waals surface area contributed by atoms with Gasteiger partial charge in [-0.1, -0.05) is 11.6 Å². The van der Waals surface area contributed by atoms with E-state index in [9.17, 15) is 14.0 Å². The van der Waals surface area contributed by atoms with Crippen LogP contribution in [0.25, 0.3) is 16.7 Å². The van der Waals surface area contributed by atoms with Gasteiger partial charge in [0.2, 0.25) is 5.43 Å². The molecule has 1 aromatic carbocycles. The van der Waals surface area contributed by atoms with Crippen LogP contribution in [0.15, 0.2) is 47.4 Å². The lowest BCUT2D eigenvalue weighted by Crippen LogP contribution is -2.28. The van der Waals surface area contributed by atoms with Gasteiger partial charge >= 0.3 is 0 Å². The summed E-state index contributed by atoms with van der Waals surface area (Å²) in [6, 6.07) is 9.12. The first kappa shape index (κ1) is 20.6. The van der Waals surface area contributed by atoms with Crippen LogP contribution in [0.3, 0.4) is 0 Å². The van der Waals surface area contributed by atoms with Gasteiger partial charge in [0, 0.05) is 16.4 Å². The first-order chi connectivity index (χ1) is 14.7. The van der Waals surface area contributed by atoms with Crippen LogP contribution in [0.4, 0.5) is 10.1 Å². The predicted molar refractivity (Wildman–Crippen MR) is 117 cm³/mol. The molecule has 0 saturated carbocycles. The highest BCUT2D eigenvalue weighted by Crippen LogP contribution is 2.22. The number of nitrogens with one attached hydrogen (secondary N) is 1. The minimum Gasteiger partial charge on any atom is -0.319 e. The number of amides is 1. The molecule has 3 aromatic heterocycles. The van der Waals surface area contributed by atoms with Gasteiger partial charge in [-0.15, -0.1) is 0 Å². The topological polar surface area (TPSA) is 89.8 Å². The lowest BCUT2D eigenvalue weighted by molar-refractivity contribution is 0.102. The van der Waals surface area contributed by atoms with Crippen molar-refractivity contribution in [2.24, 2.45) is 0 Å². The first-order valence-electron chi connectivity index (χ1n) is 9.35. The second-order valence-corrected chi connectivity index (χ2v) is 7.52. The summed E-state index contributed by atoms with van der Waals surface area (Å²) in [5, 5.41) is 7.00. The Hall–Kier alpha value is -3.65. The molecular formula is C22H17ClFN5O2. The molecule has 7 nitrogen and oxygen atoms in total. The maximum Gasteiger partial charge on any atom is 0.280 e. The molecular weight excluding hydrogens is 421 g/mol. The number of carbonyl (C=O) groups excluding carboxylic acids is 1. The average molecular weight is 438 g/mol. The lowest BCUT2D eigenvalue weighted by atomic mass is 10.1. The number of halogens is 2. The molecule has 4 aromatic rings. The van der Waals surface area contributed by atoms with E-state index in [2.05, 4.69) is 20.4 Å². The van der Waals surface area contributed by atoms with E-state index >= 15 is 0 Å². The highest BCUT2D eigenvalue weighted by atomic mass is 35.5. The predicted octanol–water partition coefficient (Wildman–Crippen LogP) is 4.15. The largest absolute Gasteiger partial charge is 0.319 e. The van der Waals surface area contributed by atoms with Crippen molar-refractivity contribution in [2.75, 3.05) is 5.32 Å². The van der Waals surface area contributed by atoms with Gasteiger partial charge in [-0.05, 0) is 62.7 Å². The molecule has 0 atom stereocenters. The maximum absolute atomic E-state index is 14.7. The van der Waals surface area contributed by atoms with Gasteiger partial charge in [-0.2, -0.15) is 5.10 Å². The summed E-state index contributed by atoms with van der Waals surface area (Å²) in [6.07, 6.45) is 1.47. The molecule has 0 aliphatic carbocycles. The number of aryl methyl sites for hydroxylation is 3. The number of rotatable bonds is 3. The molecule has 0 unspecified atom stereocenters. The van der Waals surface area contributed by atoms with Crippen molar-refractivity contribution in [3.05, 3.63) is 86.3 Å². The molecule has 4 rings (SSSR count). The van der Waals surface area contributed by atoms with E-state index in [4.69, 9.17) is 11.6 Å². The third-order valence-electron chi connectivity index (χ3n) is 4.83. The number of hydrogen-bond acceptors (Lipinski definition) is 5. The Morgan fingerprint density at radius 2 is 1.90 bits per heavy atom. The monoisotopic (exact) mass is 437 g/mol. The number of pyridine rings is 2. The number of fused-ring (bicyclic) bond motifs is 1. The fourth-order valence-corrected chi connectivity index (χ4v) is 3.21. The number of anilines is 1. The minimum atomic E-state index is -0.749. The third kappa shape index (κ3) is 3.89. The smallest absolute Gasteiger partial charge is 0.280 e. The van der Waals surface area contributed by atoms with E-state index in [0.29, 0.717) is 11.4 Å². The summed E-state index contributed by atoms with van der Waals surface area (Å²) in [5.41, 5.74) is 1.84. The maximum atomic E-state index is 14.7. The quantitative estimate of drug-likeness (QED) is 0.520. The van der Waals surface area contributed by atoms with Crippen molar-refractivity contribution < 1.29 is 9.18 Å². The van der Waals surface area contributed by atoms with Gasteiger partial charge in [0.1, 0.15) is 17.0 Å². The summed E-state index contributed by atoms with van der Waals surface area (Å²) in [6.45, 7) is 5.38. The number of nitrogens with zero attached hydrogens (tertiary/aromatic N) is 4. The molecule has 1 amide bonds. The summed E-state index contributed by atoms with van der Waals surface area (Å²) in [7, 11) is 0. The number of hydrogen-bond donors (Lipinski definition) is 1. The zero-order chi connectivity index (χ0) is 22.3. The minimum absolute atomic E-state index is 0.0135. The summed E-state index contributed by atoms with van der Waals surface area (Å²) in [4.78, 5) is 34.4. The van der Waals surface area contributed by atoms with Crippen LogP contribution in [0.5, 0.6) is 0 Å². The highest BCUT2D eigenvalue weighted by Gasteiger charge is 2.21. The molecule has 0 aliphatic heterocycles. The van der Waals surface area contributed by atoms with E-state index in [1.165, 1.54) is 23.0 Å². The van der Waals surface area contributed by atoms with Crippen LogP contribution >= 0.6 is 11.6 Å². The molecule has 0 fully saturated rings. The van der Waals surface area contributed by atoms with Gasteiger partial charge in [0.15, 0.2) is 5.69 Å². The van der Waals surface area contributed by atoms with Crippen LogP contribution < -0.4 is 10.7 Å². The molecule has 0 aliphatic rings. The van der Waals surface area contributed by atoms with Gasteiger partial charge in [-0.25, -0.2) is 14.1 Å². The van der Waals surface area contributed by atoms with Gasteiger partial charge in [0.25, 0.3) is 5.91 Å². The van der Waals surface area contributed by atoms with E-state index < -0.39 is 22.8 Å². The SMILES string of the molecule is Cc1ccc(NC(=O)c2nn(-c3ccc(Cl)cc3F)c3cc(C)c(C)nc3c2=O)cn1. The number of aromatic nitrogens is 4. The van der Waals surface area contributed by atoms with Gasteiger partial charge in [-0.3, -0.25) is 14.6 Å². The van der Waals surface area contributed by atoms with Crippen molar-refractivity contribution in [2.45, 2.75) is 20.8 Å². The van der Waals surface area contributed by atoms with Crippen molar-refractivity contribution >= 4 is 34.2 Å². The first-order valence-corrected chi connectivity index (χ1v) is 9.73. The van der Waals surface area contributed by atoms with E-state index in [0.717, 1.165) is 17.3 Å². The molecule has 9 heteroatoms. The molecule has 0 bridgehead atoms. The van der Waals surface area contributed by atoms with E-state index in [-0.39, 0.29) is 21.7 Å². The molecule has 0 spiro atoms. The Balaban J connectivity index is 1.95. The van der Waals surface area contributed by atoms with Crippen LogP contribution in [0.1, 0.15) is 27.4 Å². The molecule has 3 heterocycles.